The summed E-state index contributed by atoms with van der Waals surface area (Å²) in [7, 11) is 0. The van der Waals surface area contributed by atoms with E-state index >= 15 is 0 Å². The smallest absolute Gasteiger partial charge is 0.254 e. The lowest BCUT2D eigenvalue weighted by atomic mass is 9.91. The zero-order valence-electron chi connectivity index (χ0n) is 15.4. The Morgan fingerprint density at radius 2 is 1.68 bits per heavy atom. The lowest BCUT2D eigenvalue weighted by Crippen LogP contribution is -2.52. The Balaban J connectivity index is 1.84. The number of nitrogens with one attached hydrogen (secondary N) is 1. The molecule has 0 radical (unpaired) electrons. The summed E-state index contributed by atoms with van der Waals surface area (Å²) >= 11 is 18.1. The molecule has 1 fully saturated rings. The standard InChI is InChI=1S/C21H21Cl3N2O2/c1-13(27)25-19-6-7-26(21(28)15-9-17(23)11-18(24)10-15)20(12-19)8-14-2-4-16(22)5-3-14/h2-5,9-11,19-20H,6-8,12H2,1H3,(H,25,27)/t19-,20+/m0/s1. The van der Waals surface area contributed by atoms with Crippen molar-refractivity contribution in [1.29, 1.82) is 0 Å². The molecule has 0 aliphatic carbocycles. The molecule has 0 aromatic heterocycles. The van der Waals surface area contributed by atoms with Gasteiger partial charge in [0.25, 0.3) is 5.91 Å². The average molecular weight is 440 g/mol. The van der Waals surface area contributed by atoms with Crippen LogP contribution in [0.2, 0.25) is 15.1 Å². The zero-order valence-corrected chi connectivity index (χ0v) is 17.7. The fourth-order valence-corrected chi connectivity index (χ4v) is 4.32. The summed E-state index contributed by atoms with van der Waals surface area (Å²) in [5.41, 5.74) is 1.55. The molecule has 1 aliphatic rings. The van der Waals surface area contributed by atoms with Crippen LogP contribution < -0.4 is 5.32 Å². The molecular weight excluding hydrogens is 419 g/mol. The number of rotatable bonds is 4. The van der Waals surface area contributed by atoms with Crippen LogP contribution in [0.25, 0.3) is 0 Å². The summed E-state index contributed by atoms with van der Waals surface area (Å²) in [6.45, 7) is 2.06. The highest BCUT2D eigenvalue weighted by Gasteiger charge is 2.32. The first-order valence-electron chi connectivity index (χ1n) is 9.10. The van der Waals surface area contributed by atoms with Crippen molar-refractivity contribution < 1.29 is 9.59 Å². The fourth-order valence-electron chi connectivity index (χ4n) is 3.67. The van der Waals surface area contributed by atoms with Gasteiger partial charge in [-0.3, -0.25) is 9.59 Å². The largest absolute Gasteiger partial charge is 0.353 e. The molecule has 1 aliphatic heterocycles. The second-order valence-electron chi connectivity index (χ2n) is 7.06. The van der Waals surface area contributed by atoms with Gasteiger partial charge >= 0.3 is 0 Å². The van der Waals surface area contributed by atoms with Crippen molar-refractivity contribution in [2.24, 2.45) is 0 Å². The molecule has 2 aromatic rings. The Hall–Kier alpha value is -1.75. The Kier molecular flexibility index (Phi) is 6.86. The second kappa shape index (κ2) is 9.17. The molecule has 2 amide bonds. The molecule has 7 heteroatoms. The van der Waals surface area contributed by atoms with Gasteiger partial charge < -0.3 is 10.2 Å². The number of carbonyl (C=O) groups is 2. The van der Waals surface area contributed by atoms with Gasteiger partial charge in [-0.25, -0.2) is 0 Å². The third kappa shape index (κ3) is 5.40. The van der Waals surface area contributed by atoms with Gasteiger partial charge in [0, 0.05) is 46.2 Å². The van der Waals surface area contributed by atoms with E-state index in [1.807, 2.05) is 29.2 Å². The summed E-state index contributed by atoms with van der Waals surface area (Å²) in [5, 5.41) is 4.51. The van der Waals surface area contributed by atoms with Crippen molar-refractivity contribution in [2.75, 3.05) is 6.54 Å². The van der Waals surface area contributed by atoms with Crippen LogP contribution in [0.3, 0.4) is 0 Å². The van der Waals surface area contributed by atoms with Crippen molar-refractivity contribution in [2.45, 2.75) is 38.3 Å². The topological polar surface area (TPSA) is 49.4 Å². The number of benzene rings is 2. The van der Waals surface area contributed by atoms with Crippen LogP contribution in [0, 0.1) is 0 Å². The van der Waals surface area contributed by atoms with Crippen molar-refractivity contribution in [1.82, 2.24) is 10.2 Å². The molecule has 1 saturated heterocycles. The van der Waals surface area contributed by atoms with E-state index in [4.69, 9.17) is 34.8 Å². The van der Waals surface area contributed by atoms with Gasteiger partial charge in [-0.05, 0) is 55.2 Å². The van der Waals surface area contributed by atoms with Crippen LogP contribution >= 0.6 is 34.8 Å². The highest BCUT2D eigenvalue weighted by atomic mass is 35.5. The van der Waals surface area contributed by atoms with Crippen molar-refractivity contribution in [3.63, 3.8) is 0 Å². The monoisotopic (exact) mass is 438 g/mol. The summed E-state index contributed by atoms with van der Waals surface area (Å²) in [6.07, 6.45) is 2.06. The van der Waals surface area contributed by atoms with E-state index in [0.717, 1.165) is 5.56 Å². The van der Waals surface area contributed by atoms with E-state index in [1.54, 1.807) is 18.2 Å². The lowest BCUT2D eigenvalue weighted by Gasteiger charge is -2.40. The Labute approximate surface area is 179 Å². The van der Waals surface area contributed by atoms with Crippen LogP contribution in [0.4, 0.5) is 0 Å². The summed E-state index contributed by atoms with van der Waals surface area (Å²) in [4.78, 5) is 26.5. The van der Waals surface area contributed by atoms with E-state index in [2.05, 4.69) is 5.32 Å². The molecule has 0 bridgehead atoms. The molecule has 2 aromatic carbocycles. The van der Waals surface area contributed by atoms with Crippen LogP contribution in [0.5, 0.6) is 0 Å². The number of amides is 2. The molecule has 0 unspecified atom stereocenters. The highest BCUT2D eigenvalue weighted by Crippen LogP contribution is 2.26. The lowest BCUT2D eigenvalue weighted by molar-refractivity contribution is -0.120. The molecule has 1 N–H and O–H groups in total. The fraction of sp³-hybridized carbons (Fsp3) is 0.333. The third-order valence-corrected chi connectivity index (χ3v) is 5.57. The highest BCUT2D eigenvalue weighted by molar-refractivity contribution is 6.35. The Bertz CT molecular complexity index is 850. The number of piperidine rings is 1. The van der Waals surface area contributed by atoms with Crippen LogP contribution in [0.1, 0.15) is 35.7 Å². The van der Waals surface area contributed by atoms with Gasteiger partial charge in [0.05, 0.1) is 0 Å². The Morgan fingerprint density at radius 1 is 1.04 bits per heavy atom. The normalized spacial score (nSPS) is 19.4. The predicted octanol–water partition coefficient (Wildman–Crippen LogP) is 5.00. The molecule has 0 spiro atoms. The van der Waals surface area contributed by atoms with Crippen molar-refractivity contribution >= 4 is 46.6 Å². The molecule has 0 saturated carbocycles. The van der Waals surface area contributed by atoms with E-state index < -0.39 is 0 Å². The molecule has 28 heavy (non-hydrogen) atoms. The van der Waals surface area contributed by atoms with Gasteiger partial charge in [-0.1, -0.05) is 46.9 Å². The number of hydrogen-bond acceptors (Lipinski definition) is 2. The molecule has 3 rings (SSSR count). The van der Waals surface area contributed by atoms with E-state index in [0.29, 0.717) is 46.4 Å². The minimum atomic E-state index is -0.107. The minimum Gasteiger partial charge on any atom is -0.353 e. The number of hydrogen-bond donors (Lipinski definition) is 1. The van der Waals surface area contributed by atoms with E-state index in [-0.39, 0.29) is 23.9 Å². The van der Waals surface area contributed by atoms with Crippen molar-refractivity contribution in [3.8, 4) is 0 Å². The number of carbonyl (C=O) groups excluding carboxylic acids is 2. The molecule has 4 nitrogen and oxygen atoms in total. The molecule has 1 heterocycles. The third-order valence-electron chi connectivity index (χ3n) is 4.88. The first-order chi connectivity index (χ1) is 13.3. The van der Waals surface area contributed by atoms with Crippen LogP contribution in [-0.2, 0) is 11.2 Å². The van der Waals surface area contributed by atoms with Gasteiger partial charge in [0.2, 0.25) is 5.91 Å². The summed E-state index contributed by atoms with van der Waals surface area (Å²) < 4.78 is 0. The average Bonchev–Trinajstić information content (AvgIpc) is 2.62. The van der Waals surface area contributed by atoms with Crippen molar-refractivity contribution in [3.05, 3.63) is 68.7 Å². The van der Waals surface area contributed by atoms with Gasteiger partial charge in [-0.2, -0.15) is 0 Å². The summed E-state index contributed by atoms with van der Waals surface area (Å²) in [6, 6.07) is 12.5. The maximum atomic E-state index is 13.2. The first kappa shape index (κ1) is 21.0. The SMILES string of the molecule is CC(=O)N[C@H]1CCN(C(=O)c2cc(Cl)cc(Cl)c2)[C@H](Cc2ccc(Cl)cc2)C1. The quantitative estimate of drug-likeness (QED) is 0.729. The zero-order chi connectivity index (χ0) is 20.3. The second-order valence-corrected chi connectivity index (χ2v) is 8.37. The van der Waals surface area contributed by atoms with E-state index in [9.17, 15) is 9.59 Å². The first-order valence-corrected chi connectivity index (χ1v) is 10.2. The number of halogens is 3. The number of likely N-dealkylation sites (tertiary alicyclic amines) is 1. The summed E-state index contributed by atoms with van der Waals surface area (Å²) in [5.74, 6) is -0.165. The molecular formula is C21H21Cl3N2O2. The van der Waals surface area contributed by atoms with Crippen LogP contribution in [-0.4, -0.2) is 35.3 Å². The van der Waals surface area contributed by atoms with E-state index in [1.165, 1.54) is 6.92 Å². The number of nitrogens with zero attached hydrogens (tertiary/aromatic N) is 1. The minimum absolute atomic E-state index is 0.0433. The predicted molar refractivity (Wildman–Crippen MR) is 113 cm³/mol. The van der Waals surface area contributed by atoms with Gasteiger partial charge in [-0.15, -0.1) is 0 Å². The Morgan fingerprint density at radius 3 is 2.29 bits per heavy atom. The maximum Gasteiger partial charge on any atom is 0.254 e. The van der Waals surface area contributed by atoms with Gasteiger partial charge in [0.1, 0.15) is 0 Å². The van der Waals surface area contributed by atoms with Gasteiger partial charge in [0.15, 0.2) is 0 Å². The molecule has 148 valence electrons. The maximum absolute atomic E-state index is 13.2. The van der Waals surface area contributed by atoms with Crippen LogP contribution in [0.15, 0.2) is 42.5 Å². The molecule has 2 atom stereocenters.